The second-order valence-electron chi connectivity index (χ2n) is 10.1. The zero-order valence-electron chi connectivity index (χ0n) is 19.5. The lowest BCUT2D eigenvalue weighted by atomic mass is 9.72. The van der Waals surface area contributed by atoms with Crippen LogP contribution in [-0.2, 0) is 16.0 Å². The van der Waals surface area contributed by atoms with Crippen molar-refractivity contribution in [2.75, 3.05) is 0 Å². The number of aliphatic hydroxyl groups is 1. The molecule has 1 aromatic rings. The largest absolute Gasteiger partial charge is 0.504 e. The van der Waals surface area contributed by atoms with E-state index in [9.17, 15) is 15.0 Å². The van der Waals surface area contributed by atoms with E-state index in [1.54, 1.807) is 6.07 Å². The van der Waals surface area contributed by atoms with Crippen molar-refractivity contribution in [3.8, 4) is 11.5 Å². The molecule has 3 aliphatic rings. The molecule has 1 heterocycles. The zero-order chi connectivity index (χ0) is 22.7. The van der Waals surface area contributed by atoms with Crippen molar-refractivity contribution < 1.29 is 24.5 Å². The first-order valence-corrected chi connectivity index (χ1v) is 12.5. The van der Waals surface area contributed by atoms with Crippen LogP contribution in [0.15, 0.2) is 18.2 Å². The standard InChI is InChI=1S/C27H38O5/c1-3-4-6-20-14-16-27(17-24(20)30,32-18(2)28)15-13-19-10-12-23(29)26-22(19)11-9-21-7-5-8-25(21)31-26/h9-12,20-21,24-25,29-30H,3-8,13-17H2,1-2H3. The monoisotopic (exact) mass is 442 g/mol. The maximum atomic E-state index is 12.0. The van der Waals surface area contributed by atoms with Gasteiger partial charge in [0, 0.05) is 24.8 Å². The molecule has 0 aromatic heterocycles. The van der Waals surface area contributed by atoms with Gasteiger partial charge in [0.05, 0.1) is 6.10 Å². The Bertz CT molecular complexity index is 847. The molecular weight excluding hydrogens is 404 g/mol. The van der Waals surface area contributed by atoms with Gasteiger partial charge in [-0.2, -0.15) is 0 Å². The minimum Gasteiger partial charge on any atom is -0.504 e. The summed E-state index contributed by atoms with van der Waals surface area (Å²) in [4.78, 5) is 12.0. The summed E-state index contributed by atoms with van der Waals surface area (Å²) in [7, 11) is 0. The fraction of sp³-hybridized carbons (Fsp3) is 0.667. The molecule has 0 saturated heterocycles. The molecule has 32 heavy (non-hydrogen) atoms. The summed E-state index contributed by atoms with van der Waals surface area (Å²) >= 11 is 0. The van der Waals surface area contributed by atoms with Crippen molar-refractivity contribution >= 4 is 12.0 Å². The lowest BCUT2D eigenvalue weighted by Gasteiger charge is -2.42. The van der Waals surface area contributed by atoms with Crippen molar-refractivity contribution in [3.05, 3.63) is 29.3 Å². The van der Waals surface area contributed by atoms with Gasteiger partial charge in [0.2, 0.25) is 0 Å². The maximum absolute atomic E-state index is 12.0. The number of hydrogen-bond acceptors (Lipinski definition) is 5. The Morgan fingerprint density at radius 3 is 2.88 bits per heavy atom. The predicted molar refractivity (Wildman–Crippen MR) is 125 cm³/mol. The molecule has 4 rings (SSSR count). The Kier molecular flexibility index (Phi) is 7.14. The van der Waals surface area contributed by atoms with Crippen LogP contribution < -0.4 is 4.74 Å². The van der Waals surface area contributed by atoms with Gasteiger partial charge in [0.15, 0.2) is 11.5 Å². The van der Waals surface area contributed by atoms with Crippen molar-refractivity contribution in [2.45, 2.75) is 102 Å². The first-order chi connectivity index (χ1) is 15.4. The fourth-order valence-corrected chi connectivity index (χ4v) is 5.98. The molecular formula is C27H38O5. The van der Waals surface area contributed by atoms with Gasteiger partial charge in [-0.05, 0) is 68.9 Å². The van der Waals surface area contributed by atoms with Crippen LogP contribution in [0.4, 0.5) is 0 Å². The number of phenols is 1. The highest BCUT2D eigenvalue weighted by Gasteiger charge is 2.42. The Labute approximate surface area is 191 Å². The lowest BCUT2D eigenvalue weighted by molar-refractivity contribution is -0.168. The van der Waals surface area contributed by atoms with Crippen LogP contribution in [0.5, 0.6) is 11.5 Å². The molecule has 1 aromatic carbocycles. The molecule has 0 spiro atoms. The number of aryl methyl sites for hydroxylation is 1. The summed E-state index contributed by atoms with van der Waals surface area (Å²) in [5.74, 6) is 1.17. The first-order valence-electron chi connectivity index (χ1n) is 12.5. The highest BCUT2D eigenvalue weighted by molar-refractivity contribution is 5.67. The number of esters is 1. The second-order valence-corrected chi connectivity index (χ2v) is 10.1. The Hall–Kier alpha value is -2.01. The van der Waals surface area contributed by atoms with Crippen molar-refractivity contribution in [1.29, 1.82) is 0 Å². The lowest BCUT2D eigenvalue weighted by Crippen LogP contribution is -2.45. The van der Waals surface area contributed by atoms with E-state index in [1.807, 2.05) is 6.07 Å². The van der Waals surface area contributed by atoms with Gasteiger partial charge in [-0.15, -0.1) is 0 Å². The minimum atomic E-state index is -0.634. The summed E-state index contributed by atoms with van der Waals surface area (Å²) in [5.41, 5.74) is 1.39. The van der Waals surface area contributed by atoms with Gasteiger partial charge in [-0.25, -0.2) is 0 Å². The van der Waals surface area contributed by atoms with Crippen LogP contribution in [0.25, 0.3) is 6.08 Å². The van der Waals surface area contributed by atoms with E-state index >= 15 is 0 Å². The third-order valence-corrected chi connectivity index (χ3v) is 7.78. The summed E-state index contributed by atoms with van der Waals surface area (Å²) in [6, 6.07) is 3.67. The van der Waals surface area contributed by atoms with Crippen LogP contribution in [0.3, 0.4) is 0 Å². The molecule has 5 atom stereocenters. The van der Waals surface area contributed by atoms with E-state index in [0.29, 0.717) is 36.8 Å². The van der Waals surface area contributed by atoms with Gasteiger partial charge < -0.3 is 19.7 Å². The van der Waals surface area contributed by atoms with E-state index in [1.165, 1.54) is 6.92 Å². The molecule has 1 aliphatic heterocycles. The smallest absolute Gasteiger partial charge is 0.303 e. The second kappa shape index (κ2) is 9.86. The third kappa shape index (κ3) is 4.98. The highest BCUT2D eigenvalue weighted by atomic mass is 16.6. The molecule has 5 heteroatoms. The average molecular weight is 443 g/mol. The molecule has 176 valence electrons. The number of hydrogen-bond donors (Lipinski definition) is 2. The van der Waals surface area contributed by atoms with E-state index in [0.717, 1.165) is 62.5 Å². The number of ether oxygens (including phenoxy) is 2. The number of carbonyl (C=O) groups is 1. The van der Waals surface area contributed by atoms with Crippen LogP contribution in [-0.4, -0.2) is 34.0 Å². The summed E-state index contributed by atoms with van der Waals surface area (Å²) in [5, 5.41) is 21.3. The van der Waals surface area contributed by atoms with E-state index in [2.05, 4.69) is 19.1 Å². The number of unbranched alkanes of at least 4 members (excludes halogenated alkanes) is 1. The number of phenolic OH excluding ortho intramolecular Hbond substituents is 1. The SMILES string of the molecule is CCCCC1CCC(CCc2ccc(O)c3c2C=CC2CCCC2O3)(OC(C)=O)CC1O. The molecule has 2 aliphatic carbocycles. The van der Waals surface area contributed by atoms with Crippen molar-refractivity contribution in [2.24, 2.45) is 11.8 Å². The summed E-state index contributed by atoms with van der Waals surface area (Å²) in [6.45, 7) is 3.63. The Balaban J connectivity index is 1.52. The normalized spacial score (nSPS) is 31.3. The van der Waals surface area contributed by atoms with Gasteiger partial charge in [0.1, 0.15) is 11.7 Å². The highest BCUT2D eigenvalue weighted by Crippen LogP contribution is 2.44. The molecule has 2 N–H and O–H groups in total. The Morgan fingerprint density at radius 1 is 1.28 bits per heavy atom. The zero-order valence-corrected chi connectivity index (χ0v) is 19.5. The Morgan fingerprint density at radius 2 is 2.12 bits per heavy atom. The quantitative estimate of drug-likeness (QED) is 0.541. The molecule has 5 nitrogen and oxygen atoms in total. The number of rotatable bonds is 7. The molecule has 0 amide bonds. The summed E-state index contributed by atoms with van der Waals surface area (Å²) in [6.07, 6.45) is 14.1. The first kappa shape index (κ1) is 23.2. The average Bonchev–Trinajstić information content (AvgIpc) is 3.11. The number of carbonyl (C=O) groups excluding carboxylic acids is 1. The van der Waals surface area contributed by atoms with Crippen LogP contribution in [0.2, 0.25) is 0 Å². The molecule has 0 radical (unpaired) electrons. The molecule has 0 bridgehead atoms. The fourth-order valence-electron chi connectivity index (χ4n) is 5.98. The number of benzene rings is 1. The molecule has 2 fully saturated rings. The van der Waals surface area contributed by atoms with Crippen LogP contribution >= 0.6 is 0 Å². The number of fused-ring (bicyclic) bond motifs is 2. The van der Waals surface area contributed by atoms with Gasteiger partial charge in [-0.1, -0.05) is 38.0 Å². The van der Waals surface area contributed by atoms with E-state index in [4.69, 9.17) is 9.47 Å². The van der Waals surface area contributed by atoms with E-state index < -0.39 is 11.7 Å². The van der Waals surface area contributed by atoms with Crippen molar-refractivity contribution in [3.63, 3.8) is 0 Å². The molecule has 5 unspecified atom stereocenters. The topological polar surface area (TPSA) is 76.0 Å². The maximum Gasteiger partial charge on any atom is 0.303 e. The van der Waals surface area contributed by atoms with Gasteiger partial charge >= 0.3 is 5.97 Å². The van der Waals surface area contributed by atoms with Crippen LogP contribution in [0.1, 0.15) is 89.2 Å². The predicted octanol–water partition coefficient (Wildman–Crippen LogP) is 5.55. The van der Waals surface area contributed by atoms with Gasteiger partial charge in [-0.3, -0.25) is 4.79 Å². The summed E-state index contributed by atoms with van der Waals surface area (Å²) < 4.78 is 12.1. The third-order valence-electron chi connectivity index (χ3n) is 7.78. The van der Waals surface area contributed by atoms with Crippen LogP contribution in [0, 0.1) is 11.8 Å². The number of aliphatic hydroxyl groups excluding tert-OH is 1. The minimum absolute atomic E-state index is 0.134. The van der Waals surface area contributed by atoms with E-state index in [-0.39, 0.29) is 17.8 Å². The number of aromatic hydroxyl groups is 1. The van der Waals surface area contributed by atoms with Gasteiger partial charge in [0.25, 0.3) is 0 Å². The van der Waals surface area contributed by atoms with Crippen molar-refractivity contribution in [1.82, 2.24) is 0 Å². The molecule has 2 saturated carbocycles.